The van der Waals surface area contributed by atoms with Gasteiger partial charge in [0.15, 0.2) is 6.29 Å². The standard InChI is InChI=1S/C21H17F3N4O/c22-21(23,24)16-6-8-18(9-7-16)28-13-11-15(14-29)20(27-28)19(10-12-25)26-17-4-2-1-3-5-17/h1-9,11-12,14,25H,10,13H2. The lowest BCUT2D eigenvalue weighted by atomic mass is 10.0. The molecule has 0 atom stereocenters. The SMILES string of the molecule is N=CCC(=Nc1ccccc1)C1=NN(c2ccc(C(F)(F)F)cc2)CC=C1C=O. The first-order chi connectivity index (χ1) is 13.9. The Balaban J connectivity index is 1.98. The Kier molecular flexibility index (Phi) is 6.01. The summed E-state index contributed by atoms with van der Waals surface area (Å²) in [5.74, 6) is 0. The second kappa shape index (κ2) is 8.64. The van der Waals surface area contributed by atoms with E-state index in [0.717, 1.165) is 18.3 Å². The van der Waals surface area contributed by atoms with Crippen molar-refractivity contribution in [1.82, 2.24) is 0 Å². The number of aldehydes is 1. The fraction of sp³-hybridized carbons (Fsp3) is 0.143. The number of allylic oxidation sites excluding steroid dienone is 1. The van der Waals surface area contributed by atoms with Gasteiger partial charge in [-0.3, -0.25) is 14.8 Å². The Labute approximate surface area is 165 Å². The highest BCUT2D eigenvalue weighted by Crippen LogP contribution is 2.31. The highest BCUT2D eigenvalue weighted by molar-refractivity contribution is 6.54. The van der Waals surface area contributed by atoms with Crippen molar-refractivity contribution in [2.75, 3.05) is 11.6 Å². The summed E-state index contributed by atoms with van der Waals surface area (Å²) in [5.41, 5.74) is 1.38. The van der Waals surface area contributed by atoms with E-state index >= 15 is 0 Å². The fourth-order valence-corrected chi connectivity index (χ4v) is 2.76. The van der Waals surface area contributed by atoms with Crippen LogP contribution in [0.3, 0.4) is 0 Å². The van der Waals surface area contributed by atoms with Crippen LogP contribution in [0.4, 0.5) is 24.5 Å². The molecule has 0 aliphatic carbocycles. The molecule has 1 aliphatic rings. The van der Waals surface area contributed by atoms with E-state index in [0.29, 0.717) is 34.7 Å². The van der Waals surface area contributed by atoms with E-state index in [1.165, 1.54) is 17.1 Å². The molecule has 0 aromatic heterocycles. The van der Waals surface area contributed by atoms with Crippen LogP contribution in [0, 0.1) is 5.41 Å². The van der Waals surface area contributed by atoms with E-state index in [4.69, 9.17) is 5.41 Å². The van der Waals surface area contributed by atoms with Crippen LogP contribution in [-0.4, -0.2) is 30.5 Å². The number of nitrogens with one attached hydrogen (secondary N) is 1. The van der Waals surface area contributed by atoms with Gasteiger partial charge < -0.3 is 5.41 Å². The van der Waals surface area contributed by atoms with Crippen molar-refractivity contribution in [3.05, 3.63) is 71.8 Å². The summed E-state index contributed by atoms with van der Waals surface area (Å²) in [7, 11) is 0. The molecule has 8 heteroatoms. The Morgan fingerprint density at radius 2 is 1.83 bits per heavy atom. The lowest BCUT2D eigenvalue weighted by molar-refractivity contribution is -0.137. The minimum Gasteiger partial charge on any atom is -0.313 e. The van der Waals surface area contributed by atoms with Gasteiger partial charge in [0.25, 0.3) is 0 Å². The summed E-state index contributed by atoms with van der Waals surface area (Å²) in [4.78, 5) is 16.0. The normalized spacial score (nSPS) is 14.9. The summed E-state index contributed by atoms with van der Waals surface area (Å²) < 4.78 is 38.4. The third-order valence-corrected chi connectivity index (χ3v) is 4.19. The van der Waals surface area contributed by atoms with Crippen LogP contribution in [-0.2, 0) is 11.0 Å². The summed E-state index contributed by atoms with van der Waals surface area (Å²) >= 11 is 0. The molecule has 1 aliphatic heterocycles. The molecule has 0 amide bonds. The molecule has 1 N–H and O–H groups in total. The van der Waals surface area contributed by atoms with E-state index in [-0.39, 0.29) is 13.0 Å². The number of nitrogens with zero attached hydrogens (tertiary/aromatic N) is 3. The number of hydrogen-bond donors (Lipinski definition) is 1. The summed E-state index contributed by atoms with van der Waals surface area (Å²) in [6.07, 6.45) is -0.812. The second-order valence-electron chi connectivity index (χ2n) is 6.15. The van der Waals surface area contributed by atoms with Crippen molar-refractivity contribution in [2.45, 2.75) is 12.6 Å². The second-order valence-corrected chi connectivity index (χ2v) is 6.15. The summed E-state index contributed by atoms with van der Waals surface area (Å²) in [6.45, 7) is 0.228. The van der Waals surface area contributed by atoms with Crippen LogP contribution < -0.4 is 5.01 Å². The highest BCUT2D eigenvalue weighted by Gasteiger charge is 2.30. The molecule has 2 aromatic carbocycles. The fourth-order valence-electron chi connectivity index (χ4n) is 2.76. The van der Waals surface area contributed by atoms with Crippen molar-refractivity contribution in [2.24, 2.45) is 10.1 Å². The number of para-hydroxylation sites is 1. The van der Waals surface area contributed by atoms with Crippen LogP contribution in [0.5, 0.6) is 0 Å². The molecule has 1 heterocycles. The summed E-state index contributed by atoms with van der Waals surface area (Å²) in [5, 5.41) is 13.4. The minimum absolute atomic E-state index is 0.153. The Bertz CT molecular complexity index is 977. The number of halogens is 3. The number of carbonyl (C=O) groups excluding carboxylic acids is 1. The Morgan fingerprint density at radius 3 is 2.41 bits per heavy atom. The van der Waals surface area contributed by atoms with Gasteiger partial charge in [0.2, 0.25) is 0 Å². The third-order valence-electron chi connectivity index (χ3n) is 4.19. The van der Waals surface area contributed by atoms with Crippen LogP contribution >= 0.6 is 0 Å². The number of carbonyl (C=O) groups is 1. The number of hydrogen-bond acceptors (Lipinski definition) is 5. The summed E-state index contributed by atoms with van der Waals surface area (Å²) in [6, 6.07) is 13.7. The van der Waals surface area contributed by atoms with Gasteiger partial charge in [0.1, 0.15) is 5.71 Å². The predicted molar refractivity (Wildman–Crippen MR) is 107 cm³/mol. The topological polar surface area (TPSA) is 68.9 Å². The molecule has 0 unspecified atom stereocenters. The Hall–Kier alpha value is -3.55. The van der Waals surface area contributed by atoms with Gasteiger partial charge in [-0.2, -0.15) is 18.3 Å². The van der Waals surface area contributed by atoms with Crippen molar-refractivity contribution in [3.63, 3.8) is 0 Å². The van der Waals surface area contributed by atoms with Gasteiger partial charge in [0, 0.05) is 18.2 Å². The number of aliphatic imine (C=N–C) groups is 1. The predicted octanol–water partition coefficient (Wildman–Crippen LogP) is 4.82. The zero-order valence-corrected chi connectivity index (χ0v) is 15.2. The molecular weight excluding hydrogens is 381 g/mol. The zero-order chi connectivity index (χ0) is 20.9. The molecule has 0 spiro atoms. The lowest BCUT2D eigenvalue weighted by Gasteiger charge is -2.24. The van der Waals surface area contributed by atoms with Crippen LogP contribution in [0.2, 0.25) is 0 Å². The molecule has 5 nitrogen and oxygen atoms in total. The van der Waals surface area contributed by atoms with E-state index in [9.17, 15) is 18.0 Å². The van der Waals surface area contributed by atoms with Crippen LogP contribution in [0.25, 0.3) is 0 Å². The molecule has 148 valence electrons. The average molecular weight is 398 g/mol. The zero-order valence-electron chi connectivity index (χ0n) is 15.2. The molecule has 29 heavy (non-hydrogen) atoms. The average Bonchev–Trinajstić information content (AvgIpc) is 2.73. The van der Waals surface area contributed by atoms with Gasteiger partial charge >= 0.3 is 6.18 Å². The van der Waals surface area contributed by atoms with Crippen LogP contribution in [0.1, 0.15) is 12.0 Å². The first kappa shape index (κ1) is 20.2. The maximum atomic E-state index is 12.8. The quantitative estimate of drug-likeness (QED) is 0.560. The van der Waals surface area contributed by atoms with E-state index in [2.05, 4.69) is 10.1 Å². The van der Waals surface area contributed by atoms with Crippen molar-refractivity contribution in [1.29, 1.82) is 5.41 Å². The minimum atomic E-state index is -4.42. The molecular formula is C21H17F3N4O. The van der Waals surface area contributed by atoms with Gasteiger partial charge in [-0.1, -0.05) is 24.3 Å². The molecule has 3 rings (SSSR count). The molecule has 2 aromatic rings. The maximum Gasteiger partial charge on any atom is 0.416 e. The molecule has 0 saturated carbocycles. The maximum absolute atomic E-state index is 12.8. The van der Waals surface area contributed by atoms with Crippen LogP contribution in [0.15, 0.2) is 76.3 Å². The molecule has 0 saturated heterocycles. The number of hydrazone groups is 1. The largest absolute Gasteiger partial charge is 0.416 e. The first-order valence-electron chi connectivity index (χ1n) is 8.73. The van der Waals surface area contributed by atoms with E-state index in [1.807, 2.05) is 18.2 Å². The van der Waals surface area contributed by atoms with Gasteiger partial charge in [-0.15, -0.1) is 0 Å². The number of rotatable bonds is 6. The molecule has 0 bridgehead atoms. The third kappa shape index (κ3) is 4.84. The van der Waals surface area contributed by atoms with Crippen molar-refractivity contribution < 1.29 is 18.0 Å². The lowest BCUT2D eigenvalue weighted by Crippen LogP contribution is -2.30. The van der Waals surface area contributed by atoms with Gasteiger partial charge in [-0.25, -0.2) is 0 Å². The van der Waals surface area contributed by atoms with E-state index in [1.54, 1.807) is 18.2 Å². The first-order valence-corrected chi connectivity index (χ1v) is 8.73. The number of benzene rings is 2. The van der Waals surface area contributed by atoms with Gasteiger partial charge in [0.05, 0.1) is 29.2 Å². The molecule has 0 fully saturated rings. The smallest absolute Gasteiger partial charge is 0.313 e. The van der Waals surface area contributed by atoms with E-state index < -0.39 is 11.7 Å². The molecule has 0 radical (unpaired) electrons. The Morgan fingerprint density at radius 1 is 1.14 bits per heavy atom. The van der Waals surface area contributed by atoms with Crippen molar-refractivity contribution in [3.8, 4) is 0 Å². The monoisotopic (exact) mass is 398 g/mol. The van der Waals surface area contributed by atoms with Gasteiger partial charge in [-0.05, 0) is 36.4 Å². The number of alkyl halides is 3. The highest BCUT2D eigenvalue weighted by atomic mass is 19.4. The number of anilines is 1. The van der Waals surface area contributed by atoms with Crippen molar-refractivity contribution >= 4 is 35.3 Å².